The van der Waals surface area contributed by atoms with Crippen molar-refractivity contribution >= 4 is 0 Å². The van der Waals surface area contributed by atoms with E-state index in [4.69, 9.17) is 0 Å². The van der Waals surface area contributed by atoms with E-state index in [1.165, 1.54) is 0 Å². The summed E-state index contributed by atoms with van der Waals surface area (Å²) in [5.74, 6) is 0.665. The molecule has 0 radical (unpaired) electrons. The molecule has 0 aliphatic rings. The molecule has 0 aromatic carbocycles. The summed E-state index contributed by atoms with van der Waals surface area (Å²) in [5, 5.41) is 14.9. The third-order valence-corrected chi connectivity index (χ3v) is 2.97. The molecule has 1 rings (SSSR count). The van der Waals surface area contributed by atoms with Crippen LogP contribution in [0.5, 0.6) is 5.88 Å². The van der Waals surface area contributed by atoms with Gasteiger partial charge in [-0.05, 0) is 12.3 Å². The first kappa shape index (κ1) is 14.1. The minimum atomic E-state index is -0.0193. The molecule has 0 spiro atoms. The zero-order valence-corrected chi connectivity index (χ0v) is 12.0. The molecule has 0 fully saturated rings. The van der Waals surface area contributed by atoms with E-state index < -0.39 is 0 Å². The largest absolute Gasteiger partial charge is 0.493 e. The van der Waals surface area contributed by atoms with Gasteiger partial charge >= 0.3 is 0 Å². The number of nitrogens with zero attached hydrogens (tertiary/aromatic N) is 2. The molecule has 3 nitrogen and oxygen atoms in total. The van der Waals surface area contributed by atoms with Gasteiger partial charge in [0.05, 0.1) is 5.69 Å². The van der Waals surface area contributed by atoms with Crippen LogP contribution < -0.4 is 0 Å². The van der Waals surface area contributed by atoms with Crippen LogP contribution in [-0.4, -0.2) is 14.9 Å². The Kier molecular flexibility index (Phi) is 4.23. The first-order valence-corrected chi connectivity index (χ1v) is 6.59. The topological polar surface area (TPSA) is 38.0 Å². The fourth-order valence-electron chi connectivity index (χ4n) is 2.02. The second kappa shape index (κ2) is 5.11. The fraction of sp³-hybridized carbons (Fsp3) is 0.786. The summed E-state index contributed by atoms with van der Waals surface area (Å²) >= 11 is 0. The summed E-state index contributed by atoms with van der Waals surface area (Å²) in [6.45, 7) is 13.6. The molecule has 1 aromatic rings. The molecular formula is C14H26N2O. The Morgan fingerprint density at radius 1 is 1.29 bits per heavy atom. The molecule has 0 amide bonds. The quantitative estimate of drug-likeness (QED) is 0.866. The van der Waals surface area contributed by atoms with Gasteiger partial charge in [0, 0.05) is 17.5 Å². The van der Waals surface area contributed by atoms with Gasteiger partial charge in [-0.1, -0.05) is 48.0 Å². The fourth-order valence-corrected chi connectivity index (χ4v) is 2.02. The van der Waals surface area contributed by atoms with Gasteiger partial charge < -0.3 is 5.11 Å². The lowest BCUT2D eigenvalue weighted by Gasteiger charge is -2.18. The maximum absolute atomic E-state index is 10.3. The number of rotatable bonds is 4. The molecule has 0 saturated heterocycles. The number of hydrogen-bond donors (Lipinski definition) is 1. The first-order valence-electron chi connectivity index (χ1n) is 6.59. The zero-order valence-electron chi connectivity index (χ0n) is 12.0. The monoisotopic (exact) mass is 238 g/mol. The summed E-state index contributed by atoms with van der Waals surface area (Å²) in [7, 11) is 0. The van der Waals surface area contributed by atoms with Crippen LogP contribution in [0, 0.1) is 0 Å². The van der Waals surface area contributed by atoms with Gasteiger partial charge in [0.15, 0.2) is 0 Å². The van der Waals surface area contributed by atoms with Gasteiger partial charge in [-0.3, -0.25) is 0 Å². The highest BCUT2D eigenvalue weighted by atomic mass is 16.3. The van der Waals surface area contributed by atoms with Gasteiger partial charge in [-0.25, -0.2) is 4.68 Å². The highest BCUT2D eigenvalue weighted by Crippen LogP contribution is 2.35. The minimum absolute atomic E-state index is 0.0193. The van der Waals surface area contributed by atoms with E-state index in [-0.39, 0.29) is 5.41 Å². The van der Waals surface area contributed by atoms with Crippen LogP contribution in [0.1, 0.15) is 71.6 Å². The van der Waals surface area contributed by atoms with Crippen LogP contribution in [-0.2, 0) is 12.0 Å². The number of aromatic hydroxyl groups is 1. The Balaban J connectivity index is 3.20. The number of aromatic nitrogens is 2. The highest BCUT2D eigenvalue weighted by Gasteiger charge is 2.27. The molecule has 1 N–H and O–H groups in total. The van der Waals surface area contributed by atoms with Crippen molar-refractivity contribution in [3.05, 3.63) is 11.3 Å². The van der Waals surface area contributed by atoms with E-state index >= 15 is 0 Å². The smallest absolute Gasteiger partial charge is 0.213 e. The predicted molar refractivity (Wildman–Crippen MR) is 71.6 cm³/mol. The average Bonchev–Trinajstić information content (AvgIpc) is 2.52. The van der Waals surface area contributed by atoms with E-state index in [1.54, 1.807) is 4.68 Å². The molecule has 0 atom stereocenters. The maximum atomic E-state index is 10.3. The van der Waals surface area contributed by atoms with Crippen molar-refractivity contribution in [2.24, 2.45) is 0 Å². The molecule has 0 bridgehead atoms. The third kappa shape index (κ3) is 3.02. The van der Waals surface area contributed by atoms with Gasteiger partial charge in [0.1, 0.15) is 0 Å². The van der Waals surface area contributed by atoms with Gasteiger partial charge in [0.25, 0.3) is 0 Å². The zero-order chi connectivity index (χ0) is 13.2. The lowest BCUT2D eigenvalue weighted by Crippen LogP contribution is -2.15. The SMILES string of the molecule is CCCCn1nc(C(C)(C)C)c(C(C)C)c1O. The van der Waals surface area contributed by atoms with E-state index in [2.05, 4.69) is 46.6 Å². The standard InChI is InChI=1S/C14H26N2O/c1-7-8-9-16-13(17)11(10(2)3)12(15-16)14(4,5)6/h10,17H,7-9H2,1-6H3. The van der Waals surface area contributed by atoms with E-state index in [1.807, 2.05) is 0 Å². The van der Waals surface area contributed by atoms with Crippen molar-refractivity contribution in [1.82, 2.24) is 9.78 Å². The molecule has 3 heteroatoms. The van der Waals surface area contributed by atoms with Crippen molar-refractivity contribution in [1.29, 1.82) is 0 Å². The van der Waals surface area contributed by atoms with Crippen LogP contribution in [0.4, 0.5) is 0 Å². The van der Waals surface area contributed by atoms with Crippen molar-refractivity contribution in [2.75, 3.05) is 0 Å². The molecular weight excluding hydrogens is 212 g/mol. The number of unbranched alkanes of at least 4 members (excludes halogenated alkanes) is 1. The summed E-state index contributed by atoms with van der Waals surface area (Å²) in [4.78, 5) is 0. The maximum Gasteiger partial charge on any atom is 0.213 e. The second-order valence-electron chi connectivity index (χ2n) is 6.07. The average molecular weight is 238 g/mol. The van der Waals surface area contributed by atoms with Crippen molar-refractivity contribution in [3.8, 4) is 5.88 Å². The van der Waals surface area contributed by atoms with Gasteiger partial charge in [-0.15, -0.1) is 0 Å². The highest BCUT2D eigenvalue weighted by molar-refractivity contribution is 5.37. The molecule has 0 saturated carbocycles. The van der Waals surface area contributed by atoms with E-state index in [0.717, 1.165) is 30.6 Å². The Morgan fingerprint density at radius 3 is 2.24 bits per heavy atom. The Labute approximate surface area is 105 Å². The summed E-state index contributed by atoms with van der Waals surface area (Å²) in [6, 6.07) is 0. The normalized spacial score (nSPS) is 12.4. The first-order chi connectivity index (χ1) is 7.79. The summed E-state index contributed by atoms with van der Waals surface area (Å²) in [6.07, 6.45) is 2.16. The van der Waals surface area contributed by atoms with Crippen molar-refractivity contribution < 1.29 is 5.11 Å². The van der Waals surface area contributed by atoms with Gasteiger partial charge in [0.2, 0.25) is 5.88 Å². The molecule has 0 unspecified atom stereocenters. The lowest BCUT2D eigenvalue weighted by atomic mass is 9.86. The predicted octanol–water partition coefficient (Wildman–Crippen LogP) is 3.81. The summed E-state index contributed by atoms with van der Waals surface area (Å²) < 4.78 is 1.76. The lowest BCUT2D eigenvalue weighted by molar-refractivity contribution is 0.387. The van der Waals surface area contributed by atoms with Crippen molar-refractivity contribution in [2.45, 2.75) is 72.3 Å². The minimum Gasteiger partial charge on any atom is -0.493 e. The molecule has 1 aromatic heterocycles. The van der Waals surface area contributed by atoms with E-state index in [9.17, 15) is 5.11 Å². The van der Waals surface area contributed by atoms with Crippen LogP contribution in [0.3, 0.4) is 0 Å². The van der Waals surface area contributed by atoms with E-state index in [0.29, 0.717) is 11.8 Å². The Bertz CT molecular complexity index is 372. The summed E-state index contributed by atoms with van der Waals surface area (Å²) in [5.41, 5.74) is 2.02. The van der Waals surface area contributed by atoms with Crippen LogP contribution in [0.25, 0.3) is 0 Å². The van der Waals surface area contributed by atoms with Crippen LogP contribution >= 0.6 is 0 Å². The van der Waals surface area contributed by atoms with Crippen molar-refractivity contribution in [3.63, 3.8) is 0 Å². The molecule has 0 aliphatic carbocycles. The van der Waals surface area contributed by atoms with Crippen LogP contribution in [0.15, 0.2) is 0 Å². The molecule has 17 heavy (non-hydrogen) atoms. The number of aryl methyl sites for hydroxylation is 1. The Hall–Kier alpha value is -0.990. The second-order valence-corrected chi connectivity index (χ2v) is 6.07. The molecule has 98 valence electrons. The third-order valence-electron chi connectivity index (χ3n) is 2.97. The number of hydrogen-bond acceptors (Lipinski definition) is 2. The van der Waals surface area contributed by atoms with Gasteiger partial charge in [-0.2, -0.15) is 5.10 Å². The Morgan fingerprint density at radius 2 is 1.88 bits per heavy atom. The van der Waals surface area contributed by atoms with Crippen LogP contribution in [0.2, 0.25) is 0 Å². The molecule has 0 aliphatic heterocycles. The molecule has 1 heterocycles.